The number of aromatic nitrogens is 4. The molecular weight excluding hydrogens is 266 g/mol. The van der Waals surface area contributed by atoms with Crippen LogP contribution in [0.5, 0.6) is 5.75 Å². The molecule has 1 aromatic heterocycles. The molecule has 0 saturated heterocycles. The third-order valence-corrected chi connectivity index (χ3v) is 4.45. The van der Waals surface area contributed by atoms with Crippen LogP contribution in [0, 0.1) is 5.92 Å². The molecule has 0 amide bonds. The second-order valence-electron chi connectivity index (χ2n) is 5.69. The lowest BCUT2D eigenvalue weighted by atomic mass is 9.99. The van der Waals surface area contributed by atoms with Crippen molar-refractivity contribution < 1.29 is 4.74 Å². The topological polar surface area (TPSA) is 78.9 Å². The normalized spacial score (nSPS) is 17.0. The molecule has 1 aliphatic rings. The first-order valence-electron chi connectivity index (χ1n) is 7.42. The van der Waals surface area contributed by atoms with Crippen molar-refractivity contribution in [2.75, 3.05) is 12.8 Å². The van der Waals surface area contributed by atoms with Crippen LogP contribution in [-0.2, 0) is 0 Å². The van der Waals surface area contributed by atoms with Crippen LogP contribution in [-0.4, -0.2) is 27.3 Å². The summed E-state index contributed by atoms with van der Waals surface area (Å²) in [6.45, 7) is 2.20. The molecule has 1 atom stereocenters. The van der Waals surface area contributed by atoms with E-state index in [0.29, 0.717) is 23.4 Å². The van der Waals surface area contributed by atoms with Gasteiger partial charge in [0.25, 0.3) is 0 Å². The summed E-state index contributed by atoms with van der Waals surface area (Å²) in [6, 6.07) is 5.95. The molecule has 0 aliphatic heterocycles. The Hall–Kier alpha value is -2.11. The van der Waals surface area contributed by atoms with Gasteiger partial charge in [0, 0.05) is 5.56 Å². The monoisotopic (exact) mass is 287 g/mol. The van der Waals surface area contributed by atoms with E-state index >= 15 is 0 Å². The summed E-state index contributed by atoms with van der Waals surface area (Å²) in [7, 11) is 1.61. The van der Waals surface area contributed by atoms with Crippen molar-refractivity contribution >= 4 is 5.69 Å². The zero-order valence-corrected chi connectivity index (χ0v) is 12.5. The maximum Gasteiger partial charge on any atom is 0.182 e. The molecule has 2 aromatic rings. The van der Waals surface area contributed by atoms with Crippen LogP contribution in [0.3, 0.4) is 0 Å². The van der Waals surface area contributed by atoms with Crippen LogP contribution < -0.4 is 10.5 Å². The van der Waals surface area contributed by atoms with E-state index in [-0.39, 0.29) is 0 Å². The Morgan fingerprint density at radius 2 is 2.10 bits per heavy atom. The standard InChI is InChI=1S/C15H21N5O/c1-10(11-5-3-4-6-11)20-15(17-18-19-20)12-7-8-13(16)14(9-12)21-2/h7-11H,3-6,16H2,1-2H3. The second-order valence-corrected chi connectivity index (χ2v) is 5.69. The summed E-state index contributed by atoms with van der Waals surface area (Å²) in [5, 5.41) is 12.2. The number of tetrazole rings is 1. The number of ether oxygens (including phenoxy) is 1. The molecular formula is C15H21N5O. The molecule has 1 aromatic carbocycles. The third-order valence-electron chi connectivity index (χ3n) is 4.45. The van der Waals surface area contributed by atoms with Crippen molar-refractivity contribution in [2.24, 2.45) is 5.92 Å². The molecule has 112 valence electrons. The van der Waals surface area contributed by atoms with E-state index in [1.165, 1.54) is 25.7 Å². The number of hydrogen-bond donors (Lipinski definition) is 1. The van der Waals surface area contributed by atoms with Gasteiger partial charge in [-0.05, 0) is 54.3 Å². The van der Waals surface area contributed by atoms with Crippen molar-refractivity contribution in [3.63, 3.8) is 0 Å². The van der Waals surface area contributed by atoms with Crippen molar-refractivity contribution in [3.8, 4) is 17.1 Å². The Bertz CT molecular complexity index is 618. The summed E-state index contributed by atoms with van der Waals surface area (Å²) in [6.07, 6.45) is 5.13. The highest BCUT2D eigenvalue weighted by Crippen LogP contribution is 2.36. The zero-order valence-electron chi connectivity index (χ0n) is 12.5. The van der Waals surface area contributed by atoms with Gasteiger partial charge >= 0.3 is 0 Å². The Morgan fingerprint density at radius 3 is 2.81 bits per heavy atom. The molecule has 1 fully saturated rings. The number of rotatable bonds is 4. The van der Waals surface area contributed by atoms with E-state index in [0.717, 1.165) is 11.4 Å². The predicted octanol–water partition coefficient (Wildman–Crippen LogP) is 2.68. The first kappa shape index (κ1) is 13.9. The molecule has 0 spiro atoms. The van der Waals surface area contributed by atoms with E-state index in [1.54, 1.807) is 7.11 Å². The fraction of sp³-hybridized carbons (Fsp3) is 0.533. The van der Waals surface area contributed by atoms with Gasteiger partial charge in [0.1, 0.15) is 5.75 Å². The fourth-order valence-electron chi connectivity index (χ4n) is 3.15. The maximum atomic E-state index is 5.87. The van der Waals surface area contributed by atoms with E-state index in [9.17, 15) is 0 Å². The fourth-order valence-corrected chi connectivity index (χ4v) is 3.15. The van der Waals surface area contributed by atoms with Crippen LogP contribution in [0.1, 0.15) is 38.6 Å². The number of nitrogens with zero attached hydrogens (tertiary/aromatic N) is 4. The van der Waals surface area contributed by atoms with Crippen LogP contribution in [0.25, 0.3) is 11.4 Å². The van der Waals surface area contributed by atoms with Gasteiger partial charge in [-0.15, -0.1) is 5.10 Å². The van der Waals surface area contributed by atoms with E-state index in [2.05, 4.69) is 22.4 Å². The second kappa shape index (κ2) is 5.71. The largest absolute Gasteiger partial charge is 0.495 e. The molecule has 2 N–H and O–H groups in total. The summed E-state index contributed by atoms with van der Waals surface area (Å²) >= 11 is 0. The lowest BCUT2D eigenvalue weighted by Crippen LogP contribution is -2.16. The molecule has 6 heteroatoms. The lowest BCUT2D eigenvalue weighted by Gasteiger charge is -2.20. The SMILES string of the molecule is COc1cc(-c2nnnn2C(C)C2CCCC2)ccc1N. The molecule has 0 radical (unpaired) electrons. The molecule has 6 nitrogen and oxygen atoms in total. The predicted molar refractivity (Wildman–Crippen MR) is 80.9 cm³/mol. The van der Waals surface area contributed by atoms with Gasteiger partial charge in [0.05, 0.1) is 18.8 Å². The average Bonchev–Trinajstić information content (AvgIpc) is 3.18. The molecule has 21 heavy (non-hydrogen) atoms. The minimum absolute atomic E-state index is 0.307. The minimum atomic E-state index is 0.307. The summed E-state index contributed by atoms with van der Waals surface area (Å²) in [5.41, 5.74) is 7.41. The van der Waals surface area contributed by atoms with Crippen LogP contribution >= 0.6 is 0 Å². The molecule has 1 unspecified atom stereocenters. The van der Waals surface area contributed by atoms with Crippen LogP contribution in [0.4, 0.5) is 5.69 Å². The van der Waals surface area contributed by atoms with Gasteiger partial charge in [-0.25, -0.2) is 4.68 Å². The van der Waals surface area contributed by atoms with Gasteiger partial charge in [-0.3, -0.25) is 0 Å². The lowest BCUT2D eigenvalue weighted by molar-refractivity contribution is 0.332. The van der Waals surface area contributed by atoms with Crippen molar-refractivity contribution in [1.29, 1.82) is 0 Å². The first-order valence-corrected chi connectivity index (χ1v) is 7.42. The number of hydrogen-bond acceptors (Lipinski definition) is 5. The Kier molecular flexibility index (Phi) is 3.77. The molecule has 1 aliphatic carbocycles. The number of anilines is 1. The maximum absolute atomic E-state index is 5.87. The summed E-state index contributed by atoms with van der Waals surface area (Å²) in [4.78, 5) is 0. The van der Waals surface area contributed by atoms with Gasteiger partial charge in [0.15, 0.2) is 5.82 Å². The van der Waals surface area contributed by atoms with E-state index in [4.69, 9.17) is 10.5 Å². The molecule has 3 rings (SSSR count). The Morgan fingerprint density at radius 1 is 1.33 bits per heavy atom. The number of nitrogens with two attached hydrogens (primary N) is 1. The van der Waals surface area contributed by atoms with Gasteiger partial charge in [-0.2, -0.15) is 0 Å². The smallest absolute Gasteiger partial charge is 0.182 e. The molecule has 1 saturated carbocycles. The number of nitrogen functional groups attached to an aromatic ring is 1. The van der Waals surface area contributed by atoms with Gasteiger partial charge < -0.3 is 10.5 Å². The summed E-state index contributed by atoms with van der Waals surface area (Å²) < 4.78 is 7.21. The molecule has 0 bridgehead atoms. The van der Waals surface area contributed by atoms with Crippen LogP contribution in [0.2, 0.25) is 0 Å². The highest BCUT2D eigenvalue weighted by atomic mass is 16.5. The van der Waals surface area contributed by atoms with Crippen molar-refractivity contribution in [3.05, 3.63) is 18.2 Å². The number of benzene rings is 1. The highest BCUT2D eigenvalue weighted by molar-refractivity contribution is 5.65. The average molecular weight is 287 g/mol. The molecule has 1 heterocycles. The van der Waals surface area contributed by atoms with E-state index < -0.39 is 0 Å². The third kappa shape index (κ3) is 2.57. The minimum Gasteiger partial charge on any atom is -0.495 e. The zero-order chi connectivity index (χ0) is 14.8. The van der Waals surface area contributed by atoms with Crippen molar-refractivity contribution in [2.45, 2.75) is 38.6 Å². The van der Waals surface area contributed by atoms with Crippen LogP contribution in [0.15, 0.2) is 18.2 Å². The first-order chi connectivity index (χ1) is 10.2. The highest BCUT2D eigenvalue weighted by Gasteiger charge is 2.26. The van der Waals surface area contributed by atoms with Gasteiger partial charge in [0.2, 0.25) is 0 Å². The van der Waals surface area contributed by atoms with Gasteiger partial charge in [-0.1, -0.05) is 12.8 Å². The number of methoxy groups -OCH3 is 1. The van der Waals surface area contributed by atoms with Crippen molar-refractivity contribution in [1.82, 2.24) is 20.2 Å². The Balaban J connectivity index is 1.94. The van der Waals surface area contributed by atoms with E-state index in [1.807, 2.05) is 22.9 Å². The quantitative estimate of drug-likeness (QED) is 0.875. The Labute approximate surface area is 124 Å². The summed E-state index contributed by atoms with van der Waals surface area (Å²) in [5.74, 6) is 2.08.